The smallest absolute Gasteiger partial charge is 0.139 e. The highest BCUT2D eigenvalue weighted by molar-refractivity contribution is 6.32. The number of nitrogens with zero attached hydrogens (tertiary/aromatic N) is 2. The van der Waals surface area contributed by atoms with Gasteiger partial charge < -0.3 is 0 Å². The van der Waals surface area contributed by atoms with E-state index in [2.05, 4.69) is 5.10 Å². The van der Waals surface area contributed by atoms with Gasteiger partial charge in [0, 0.05) is 19.4 Å². The predicted molar refractivity (Wildman–Crippen MR) is 70.5 cm³/mol. The first kappa shape index (κ1) is 14.2. The van der Waals surface area contributed by atoms with Crippen LogP contribution in [0.1, 0.15) is 45.5 Å². The minimum absolute atomic E-state index is 0.235. The zero-order valence-electron chi connectivity index (χ0n) is 11.1. The van der Waals surface area contributed by atoms with Gasteiger partial charge in [0.2, 0.25) is 0 Å². The number of hydrogen-bond donors (Lipinski definition) is 0. The molecule has 0 atom stereocenters. The number of ketones is 1. The molecule has 1 heterocycles. The van der Waals surface area contributed by atoms with E-state index in [0.717, 1.165) is 24.4 Å². The van der Waals surface area contributed by atoms with Gasteiger partial charge in [-0.05, 0) is 19.3 Å². The number of hydrogen-bond acceptors (Lipinski definition) is 2. The van der Waals surface area contributed by atoms with E-state index >= 15 is 0 Å². The molecule has 0 radical (unpaired) electrons. The van der Waals surface area contributed by atoms with Crippen molar-refractivity contribution in [1.29, 1.82) is 0 Å². The van der Waals surface area contributed by atoms with Gasteiger partial charge in [-0.2, -0.15) is 5.10 Å². The van der Waals surface area contributed by atoms with Crippen molar-refractivity contribution in [1.82, 2.24) is 9.78 Å². The normalized spacial score (nSPS) is 11.2. The van der Waals surface area contributed by atoms with Crippen molar-refractivity contribution in [3.05, 3.63) is 16.4 Å². The van der Waals surface area contributed by atoms with Crippen LogP contribution in [-0.4, -0.2) is 15.6 Å². The van der Waals surface area contributed by atoms with Crippen molar-refractivity contribution >= 4 is 17.4 Å². The van der Waals surface area contributed by atoms with Gasteiger partial charge in [-0.1, -0.05) is 32.4 Å². The highest BCUT2D eigenvalue weighted by atomic mass is 35.5. The highest BCUT2D eigenvalue weighted by Gasteiger charge is 2.17. The minimum atomic E-state index is 0.235. The second-order valence-electron chi connectivity index (χ2n) is 4.69. The molecule has 0 saturated heterocycles. The fourth-order valence-corrected chi connectivity index (χ4v) is 2.24. The average Bonchev–Trinajstić information content (AvgIpc) is 2.55. The highest BCUT2D eigenvalue weighted by Crippen LogP contribution is 2.22. The third-order valence-corrected chi connectivity index (χ3v) is 3.13. The van der Waals surface area contributed by atoms with E-state index in [1.807, 2.05) is 32.4 Å². The Balaban J connectivity index is 2.89. The molecule has 0 aromatic carbocycles. The lowest BCUT2D eigenvalue weighted by molar-refractivity contribution is -0.119. The van der Waals surface area contributed by atoms with Crippen LogP contribution in [0.15, 0.2) is 0 Å². The number of aromatic nitrogens is 2. The third kappa shape index (κ3) is 3.56. The molecule has 0 aliphatic carbocycles. The summed E-state index contributed by atoms with van der Waals surface area (Å²) in [4.78, 5) is 11.8. The Morgan fingerprint density at radius 3 is 2.53 bits per heavy atom. The first-order valence-electron chi connectivity index (χ1n) is 6.25. The van der Waals surface area contributed by atoms with Crippen molar-refractivity contribution < 1.29 is 4.79 Å². The van der Waals surface area contributed by atoms with Crippen LogP contribution in [0.2, 0.25) is 5.02 Å². The lowest BCUT2D eigenvalue weighted by Gasteiger charge is -2.06. The summed E-state index contributed by atoms with van der Waals surface area (Å²) in [6.45, 7) is 8.89. The molecule has 4 heteroatoms. The lowest BCUT2D eigenvalue weighted by atomic mass is 10.0. The van der Waals surface area contributed by atoms with Crippen molar-refractivity contribution in [2.45, 2.75) is 53.5 Å². The molecule has 0 aliphatic heterocycles. The van der Waals surface area contributed by atoms with Crippen LogP contribution >= 0.6 is 11.6 Å². The molecule has 17 heavy (non-hydrogen) atoms. The molecule has 0 bridgehead atoms. The second-order valence-corrected chi connectivity index (χ2v) is 5.07. The second kappa shape index (κ2) is 6.20. The molecule has 0 saturated carbocycles. The van der Waals surface area contributed by atoms with Gasteiger partial charge in [-0.15, -0.1) is 0 Å². The van der Waals surface area contributed by atoms with Crippen molar-refractivity contribution in [2.24, 2.45) is 5.92 Å². The average molecular weight is 257 g/mol. The lowest BCUT2D eigenvalue weighted by Crippen LogP contribution is -2.11. The van der Waals surface area contributed by atoms with E-state index in [4.69, 9.17) is 11.6 Å². The van der Waals surface area contributed by atoms with Gasteiger partial charge in [-0.25, -0.2) is 0 Å². The van der Waals surface area contributed by atoms with Crippen LogP contribution in [0, 0.1) is 5.92 Å². The van der Waals surface area contributed by atoms with Crippen LogP contribution in [0.4, 0.5) is 0 Å². The molecule has 1 rings (SSSR count). The topological polar surface area (TPSA) is 34.9 Å². The largest absolute Gasteiger partial charge is 0.299 e. The number of halogens is 1. The summed E-state index contributed by atoms with van der Waals surface area (Å²) in [7, 11) is 0. The minimum Gasteiger partial charge on any atom is -0.299 e. The number of rotatable bonds is 6. The van der Waals surface area contributed by atoms with Crippen molar-refractivity contribution in [2.75, 3.05) is 0 Å². The summed E-state index contributed by atoms with van der Waals surface area (Å²) in [5, 5.41) is 5.08. The van der Waals surface area contributed by atoms with E-state index in [0.29, 0.717) is 23.8 Å². The predicted octanol–water partition coefficient (Wildman–Crippen LogP) is 3.28. The maximum Gasteiger partial charge on any atom is 0.139 e. The Morgan fingerprint density at radius 1 is 1.41 bits per heavy atom. The van der Waals surface area contributed by atoms with Gasteiger partial charge in [0.1, 0.15) is 5.78 Å². The Bertz CT molecular complexity index is 396. The van der Waals surface area contributed by atoms with Crippen molar-refractivity contribution in [3.8, 4) is 0 Å². The molecule has 0 aliphatic rings. The summed E-state index contributed by atoms with van der Waals surface area (Å²) < 4.78 is 1.85. The molecule has 3 nitrogen and oxygen atoms in total. The molecule has 0 amide bonds. The van der Waals surface area contributed by atoms with Gasteiger partial charge in [0.05, 0.1) is 16.4 Å². The maximum absolute atomic E-state index is 11.8. The van der Waals surface area contributed by atoms with E-state index < -0.39 is 0 Å². The Hall–Kier alpha value is -0.830. The summed E-state index contributed by atoms with van der Waals surface area (Å²) in [5.41, 5.74) is 1.76. The molecule has 0 fully saturated rings. The van der Waals surface area contributed by atoms with Crippen LogP contribution < -0.4 is 0 Å². The summed E-state index contributed by atoms with van der Waals surface area (Å²) >= 11 is 6.25. The van der Waals surface area contributed by atoms with E-state index in [1.165, 1.54) is 0 Å². The quantitative estimate of drug-likeness (QED) is 0.783. The summed E-state index contributed by atoms with van der Waals surface area (Å²) in [5.74, 6) is 0.629. The molecule has 0 spiro atoms. The van der Waals surface area contributed by atoms with Crippen LogP contribution in [0.5, 0.6) is 0 Å². The molecule has 1 aromatic rings. The monoisotopic (exact) mass is 256 g/mol. The number of carbonyl (C=O) groups is 1. The fourth-order valence-electron chi connectivity index (χ4n) is 1.90. The molecular weight excluding hydrogens is 236 g/mol. The Kier molecular flexibility index (Phi) is 5.19. The number of aryl methyl sites for hydroxylation is 2. The first-order chi connectivity index (χ1) is 7.99. The fraction of sp³-hybridized carbons (Fsp3) is 0.692. The zero-order valence-corrected chi connectivity index (χ0v) is 11.8. The molecular formula is C13H21ClN2O. The summed E-state index contributed by atoms with van der Waals surface area (Å²) in [6.07, 6.45) is 1.81. The summed E-state index contributed by atoms with van der Waals surface area (Å²) in [6, 6.07) is 0. The molecule has 0 N–H and O–H groups in total. The van der Waals surface area contributed by atoms with E-state index in [-0.39, 0.29) is 5.78 Å². The molecule has 0 unspecified atom stereocenters. The van der Waals surface area contributed by atoms with Gasteiger partial charge in [0.25, 0.3) is 0 Å². The van der Waals surface area contributed by atoms with Gasteiger partial charge in [-0.3, -0.25) is 9.48 Å². The van der Waals surface area contributed by atoms with E-state index in [9.17, 15) is 4.79 Å². The zero-order chi connectivity index (χ0) is 13.0. The van der Waals surface area contributed by atoms with Crippen molar-refractivity contribution in [3.63, 3.8) is 0 Å². The van der Waals surface area contributed by atoms with Crippen LogP contribution in [0.25, 0.3) is 0 Å². The Labute approximate surface area is 108 Å². The van der Waals surface area contributed by atoms with Gasteiger partial charge in [0.15, 0.2) is 0 Å². The maximum atomic E-state index is 11.8. The van der Waals surface area contributed by atoms with Crippen LogP contribution in [0.3, 0.4) is 0 Å². The standard InChI is InChI=1S/C13H21ClN2O/c1-5-11-13(14)12(16(6-2)15-11)8-10(17)7-9(3)4/h9H,5-8H2,1-4H3. The number of carbonyl (C=O) groups excluding carboxylic acids is 1. The third-order valence-electron chi connectivity index (χ3n) is 2.69. The Morgan fingerprint density at radius 2 is 2.06 bits per heavy atom. The SMILES string of the molecule is CCc1nn(CC)c(CC(=O)CC(C)C)c1Cl. The van der Waals surface area contributed by atoms with E-state index in [1.54, 1.807) is 0 Å². The molecule has 1 aromatic heterocycles. The van der Waals surface area contributed by atoms with Crippen LogP contribution in [-0.2, 0) is 24.2 Å². The first-order valence-corrected chi connectivity index (χ1v) is 6.63. The van der Waals surface area contributed by atoms with Gasteiger partial charge >= 0.3 is 0 Å². The molecule has 96 valence electrons. The number of Topliss-reactive ketones (excluding diaryl/α,β-unsaturated/α-hetero) is 1.